The molecular weight excluding hydrogens is 268 g/mol. The van der Waals surface area contributed by atoms with Crippen molar-refractivity contribution in [2.24, 2.45) is 5.73 Å². The molecule has 1 aromatic heterocycles. The summed E-state index contributed by atoms with van der Waals surface area (Å²) in [6.07, 6.45) is 7.71. The summed E-state index contributed by atoms with van der Waals surface area (Å²) in [6, 6.07) is 0.869. The number of nitrogens with one attached hydrogen (secondary N) is 2. The quantitative estimate of drug-likeness (QED) is 0.739. The molecule has 1 aromatic rings. The van der Waals surface area contributed by atoms with Crippen LogP contribution in [0.3, 0.4) is 0 Å². The molecule has 3 rings (SSSR count). The van der Waals surface area contributed by atoms with Gasteiger partial charge in [-0.2, -0.15) is 0 Å². The number of carbonyl (C=O) groups excluding carboxylic acids is 1. The monoisotopic (exact) mass is 292 g/mol. The van der Waals surface area contributed by atoms with Crippen molar-refractivity contribution in [3.05, 3.63) is 11.9 Å². The number of rotatable bonds is 3. The van der Waals surface area contributed by atoms with Gasteiger partial charge in [0.2, 0.25) is 0 Å². The summed E-state index contributed by atoms with van der Waals surface area (Å²) < 4.78 is 1.84. The minimum absolute atomic E-state index is 0.115. The van der Waals surface area contributed by atoms with Crippen LogP contribution >= 0.6 is 0 Å². The van der Waals surface area contributed by atoms with Crippen LogP contribution in [0.5, 0.6) is 0 Å². The maximum atomic E-state index is 12.2. The van der Waals surface area contributed by atoms with E-state index in [9.17, 15) is 4.79 Å². The molecule has 2 heterocycles. The zero-order valence-electron chi connectivity index (χ0n) is 12.3. The van der Waals surface area contributed by atoms with Crippen LogP contribution in [0.15, 0.2) is 6.20 Å². The van der Waals surface area contributed by atoms with Crippen molar-refractivity contribution in [1.29, 1.82) is 0 Å². The van der Waals surface area contributed by atoms with E-state index in [0.717, 1.165) is 51.6 Å². The number of hydrogen-bond acceptors (Lipinski definition) is 5. The van der Waals surface area contributed by atoms with Gasteiger partial charge in [0.05, 0.1) is 12.2 Å². The Balaban J connectivity index is 1.56. The summed E-state index contributed by atoms with van der Waals surface area (Å²) in [5.41, 5.74) is 6.30. The lowest BCUT2D eigenvalue weighted by atomic mass is 9.92. The zero-order valence-corrected chi connectivity index (χ0v) is 12.3. The second-order valence-corrected chi connectivity index (χ2v) is 6.15. The van der Waals surface area contributed by atoms with Crippen LogP contribution in [0.2, 0.25) is 0 Å². The van der Waals surface area contributed by atoms with E-state index >= 15 is 0 Å². The Morgan fingerprint density at radius 2 is 1.95 bits per heavy atom. The van der Waals surface area contributed by atoms with E-state index in [1.807, 2.05) is 4.68 Å². The number of nitrogens with zero attached hydrogens (tertiary/aromatic N) is 3. The highest BCUT2D eigenvalue weighted by molar-refractivity contribution is 5.92. The van der Waals surface area contributed by atoms with Crippen LogP contribution in [0.25, 0.3) is 0 Å². The highest BCUT2D eigenvalue weighted by Gasteiger charge is 2.23. The number of piperidine rings is 1. The van der Waals surface area contributed by atoms with Gasteiger partial charge in [-0.25, -0.2) is 4.68 Å². The van der Waals surface area contributed by atoms with E-state index in [1.165, 1.54) is 0 Å². The van der Waals surface area contributed by atoms with Gasteiger partial charge in [-0.15, -0.1) is 5.10 Å². The molecule has 116 valence electrons. The molecule has 21 heavy (non-hydrogen) atoms. The third-order valence-corrected chi connectivity index (χ3v) is 4.53. The predicted molar refractivity (Wildman–Crippen MR) is 78.9 cm³/mol. The van der Waals surface area contributed by atoms with Gasteiger partial charge in [-0.05, 0) is 51.6 Å². The molecular formula is C14H24N6O. The lowest BCUT2D eigenvalue weighted by Crippen LogP contribution is -2.40. The molecule has 2 aliphatic rings. The molecule has 0 unspecified atom stereocenters. The molecule has 2 fully saturated rings. The molecule has 7 nitrogen and oxygen atoms in total. The van der Waals surface area contributed by atoms with E-state index in [-0.39, 0.29) is 11.9 Å². The van der Waals surface area contributed by atoms with E-state index in [2.05, 4.69) is 20.9 Å². The maximum absolute atomic E-state index is 12.2. The molecule has 4 N–H and O–H groups in total. The van der Waals surface area contributed by atoms with E-state index in [4.69, 9.17) is 5.73 Å². The van der Waals surface area contributed by atoms with Gasteiger partial charge in [0.1, 0.15) is 0 Å². The standard InChI is InChI=1S/C14H24N6O/c15-10-1-3-11(4-2-10)17-14(21)13-9-20(19-18-13)12-5-7-16-8-6-12/h9-12,16H,1-8,15H2,(H,17,21). The van der Waals surface area contributed by atoms with Gasteiger partial charge in [0.25, 0.3) is 5.91 Å². The van der Waals surface area contributed by atoms with Crippen molar-refractivity contribution >= 4 is 5.91 Å². The third kappa shape index (κ3) is 3.59. The Morgan fingerprint density at radius 3 is 2.67 bits per heavy atom. The predicted octanol–water partition coefficient (Wildman–Crippen LogP) is 0.202. The second-order valence-electron chi connectivity index (χ2n) is 6.15. The summed E-state index contributed by atoms with van der Waals surface area (Å²) in [4.78, 5) is 12.2. The van der Waals surface area contributed by atoms with Crippen molar-refractivity contribution in [2.75, 3.05) is 13.1 Å². The number of carbonyl (C=O) groups is 1. The number of hydrogen-bond donors (Lipinski definition) is 3. The summed E-state index contributed by atoms with van der Waals surface area (Å²) in [5, 5.41) is 14.5. The lowest BCUT2D eigenvalue weighted by Gasteiger charge is -2.26. The zero-order chi connectivity index (χ0) is 14.7. The van der Waals surface area contributed by atoms with Crippen molar-refractivity contribution in [3.8, 4) is 0 Å². The first kappa shape index (κ1) is 14.5. The first-order valence-electron chi connectivity index (χ1n) is 7.91. The van der Waals surface area contributed by atoms with Crippen molar-refractivity contribution in [3.63, 3.8) is 0 Å². The minimum atomic E-state index is -0.115. The SMILES string of the molecule is NC1CCC(NC(=O)c2cn(C3CCNCC3)nn2)CC1. The Hall–Kier alpha value is -1.47. The lowest BCUT2D eigenvalue weighted by molar-refractivity contribution is 0.0920. The van der Waals surface area contributed by atoms with E-state index < -0.39 is 0 Å². The van der Waals surface area contributed by atoms with E-state index in [1.54, 1.807) is 6.20 Å². The molecule has 0 radical (unpaired) electrons. The normalized spacial score (nSPS) is 27.5. The van der Waals surface area contributed by atoms with Crippen LogP contribution in [-0.2, 0) is 0 Å². The first-order valence-corrected chi connectivity index (χ1v) is 7.91. The Morgan fingerprint density at radius 1 is 1.24 bits per heavy atom. The van der Waals surface area contributed by atoms with Gasteiger partial charge in [-0.1, -0.05) is 5.21 Å². The number of amides is 1. The number of nitrogens with two attached hydrogens (primary N) is 1. The largest absolute Gasteiger partial charge is 0.348 e. The molecule has 0 bridgehead atoms. The fourth-order valence-corrected chi connectivity index (χ4v) is 3.15. The van der Waals surface area contributed by atoms with Gasteiger partial charge in [0, 0.05) is 12.1 Å². The Labute approximate surface area is 124 Å². The van der Waals surface area contributed by atoms with Crippen LogP contribution in [-0.4, -0.2) is 46.1 Å². The molecule has 0 aromatic carbocycles. The molecule has 7 heteroatoms. The topological polar surface area (TPSA) is 97.9 Å². The van der Waals surface area contributed by atoms with Gasteiger partial charge >= 0.3 is 0 Å². The summed E-state index contributed by atoms with van der Waals surface area (Å²) in [6.45, 7) is 1.99. The summed E-state index contributed by atoms with van der Waals surface area (Å²) in [5.74, 6) is -0.115. The van der Waals surface area contributed by atoms with Crippen LogP contribution in [0.1, 0.15) is 55.1 Å². The average molecular weight is 292 g/mol. The van der Waals surface area contributed by atoms with Gasteiger partial charge in [0.15, 0.2) is 5.69 Å². The Bertz CT molecular complexity index is 474. The molecule has 0 atom stereocenters. The third-order valence-electron chi connectivity index (χ3n) is 4.53. The highest BCUT2D eigenvalue weighted by Crippen LogP contribution is 2.19. The Kier molecular flexibility index (Phi) is 4.50. The van der Waals surface area contributed by atoms with Crippen LogP contribution < -0.4 is 16.4 Å². The van der Waals surface area contributed by atoms with Crippen LogP contribution in [0, 0.1) is 0 Å². The highest BCUT2D eigenvalue weighted by atomic mass is 16.2. The summed E-state index contributed by atoms with van der Waals surface area (Å²) >= 11 is 0. The van der Waals surface area contributed by atoms with Crippen molar-refractivity contribution in [1.82, 2.24) is 25.6 Å². The molecule has 1 amide bonds. The van der Waals surface area contributed by atoms with Gasteiger partial charge < -0.3 is 16.4 Å². The average Bonchev–Trinajstić information content (AvgIpc) is 3.00. The molecule has 1 saturated carbocycles. The van der Waals surface area contributed by atoms with Crippen molar-refractivity contribution < 1.29 is 4.79 Å². The maximum Gasteiger partial charge on any atom is 0.273 e. The molecule has 1 saturated heterocycles. The smallest absolute Gasteiger partial charge is 0.273 e. The van der Waals surface area contributed by atoms with Crippen molar-refractivity contribution in [2.45, 2.75) is 56.7 Å². The van der Waals surface area contributed by atoms with Gasteiger partial charge in [-0.3, -0.25) is 4.79 Å². The minimum Gasteiger partial charge on any atom is -0.348 e. The first-order chi connectivity index (χ1) is 10.2. The fourth-order valence-electron chi connectivity index (χ4n) is 3.15. The molecule has 1 aliphatic carbocycles. The summed E-state index contributed by atoms with van der Waals surface area (Å²) in [7, 11) is 0. The second kappa shape index (κ2) is 6.53. The number of aromatic nitrogens is 3. The van der Waals surface area contributed by atoms with E-state index in [0.29, 0.717) is 17.8 Å². The molecule has 0 spiro atoms. The van der Waals surface area contributed by atoms with Crippen LogP contribution in [0.4, 0.5) is 0 Å². The fraction of sp³-hybridized carbons (Fsp3) is 0.786. The molecule has 1 aliphatic heterocycles.